The maximum absolute atomic E-state index is 13.0. The fourth-order valence-corrected chi connectivity index (χ4v) is 3.65. The summed E-state index contributed by atoms with van der Waals surface area (Å²) in [5.41, 5.74) is 2.64. The highest BCUT2D eigenvalue weighted by Crippen LogP contribution is 2.30. The number of pyridine rings is 1. The first-order chi connectivity index (χ1) is 16.1. The van der Waals surface area contributed by atoms with Crippen molar-refractivity contribution in [2.45, 2.75) is 25.4 Å². The second kappa shape index (κ2) is 9.01. The predicted octanol–water partition coefficient (Wildman–Crippen LogP) is 5.38. The second-order valence-corrected chi connectivity index (χ2v) is 7.89. The van der Waals surface area contributed by atoms with E-state index in [-0.39, 0.29) is 0 Å². The average molecular weight is 467 g/mol. The molecule has 0 aliphatic rings. The summed E-state index contributed by atoms with van der Waals surface area (Å²) in [5.74, 6) is -2.02. The molecule has 0 saturated heterocycles. The largest absolute Gasteiger partial charge is 0.481 e. The van der Waals surface area contributed by atoms with Crippen molar-refractivity contribution in [1.29, 1.82) is 0 Å². The topological polar surface area (TPSA) is 83.7 Å². The van der Waals surface area contributed by atoms with Crippen LogP contribution in [0.3, 0.4) is 0 Å². The number of halogens is 3. The summed E-state index contributed by atoms with van der Waals surface area (Å²) in [6, 6.07) is 15.0. The number of carbonyl (C=O) groups excluding carboxylic acids is 1. The number of aromatic nitrogens is 2. The van der Waals surface area contributed by atoms with Gasteiger partial charge < -0.3 is 10.4 Å². The molecule has 0 saturated carbocycles. The number of carboxylic acid groups (broad SMARTS) is 1. The molecule has 2 N–H and O–H groups in total. The van der Waals surface area contributed by atoms with Crippen LogP contribution in [0.5, 0.6) is 0 Å². The second-order valence-electron chi connectivity index (χ2n) is 7.89. The van der Waals surface area contributed by atoms with Gasteiger partial charge in [0.15, 0.2) is 0 Å². The highest BCUT2D eigenvalue weighted by atomic mass is 19.4. The molecular weight excluding hydrogens is 447 g/mol. The first kappa shape index (κ1) is 23.0. The monoisotopic (exact) mass is 467 g/mol. The Hall–Kier alpha value is -4.14. The van der Waals surface area contributed by atoms with Crippen molar-refractivity contribution >= 4 is 23.1 Å². The van der Waals surface area contributed by atoms with Crippen LogP contribution >= 0.6 is 0 Å². The number of hydrogen-bond donors (Lipinski definition) is 2. The molecule has 1 atom stereocenters. The minimum absolute atomic E-state index is 0.311. The highest BCUT2D eigenvalue weighted by Gasteiger charge is 2.30. The van der Waals surface area contributed by atoms with Crippen LogP contribution in [-0.2, 0) is 17.4 Å². The molecule has 1 amide bonds. The Morgan fingerprint density at radius 3 is 2.35 bits per heavy atom. The lowest BCUT2D eigenvalue weighted by Gasteiger charge is -2.10. The molecule has 0 spiro atoms. The number of benzene rings is 2. The summed E-state index contributed by atoms with van der Waals surface area (Å²) in [6.07, 6.45) is -0.971. The number of rotatable bonds is 6. The normalized spacial score (nSPS) is 12.5. The fraction of sp³-hybridized carbons (Fsp3) is 0.160. The van der Waals surface area contributed by atoms with Crippen molar-refractivity contribution in [2.24, 2.45) is 0 Å². The van der Waals surface area contributed by atoms with E-state index in [1.54, 1.807) is 54.0 Å². The van der Waals surface area contributed by atoms with Gasteiger partial charge in [0.05, 0.1) is 28.8 Å². The Morgan fingerprint density at radius 1 is 1.06 bits per heavy atom. The summed E-state index contributed by atoms with van der Waals surface area (Å²) in [4.78, 5) is 24.1. The van der Waals surface area contributed by atoms with E-state index in [1.807, 2.05) is 0 Å². The number of nitrogens with zero attached hydrogens (tertiary/aromatic N) is 2. The molecule has 2 heterocycles. The molecule has 0 fully saturated rings. The Labute approximate surface area is 192 Å². The molecule has 2 aromatic carbocycles. The highest BCUT2D eigenvalue weighted by molar-refractivity contribution is 6.09. The molecule has 0 unspecified atom stereocenters. The van der Waals surface area contributed by atoms with Crippen LogP contribution in [-0.4, -0.2) is 26.6 Å². The number of alkyl halides is 3. The maximum Gasteiger partial charge on any atom is 0.416 e. The summed E-state index contributed by atoms with van der Waals surface area (Å²) >= 11 is 0. The molecular formula is C25H20F3N3O3. The van der Waals surface area contributed by atoms with Crippen LogP contribution in [0.1, 0.15) is 45.5 Å². The van der Waals surface area contributed by atoms with Gasteiger partial charge in [-0.15, -0.1) is 0 Å². The molecule has 4 rings (SSSR count). The zero-order valence-electron chi connectivity index (χ0n) is 18.0. The molecule has 0 radical (unpaired) electrons. The Bertz CT molecular complexity index is 1340. The van der Waals surface area contributed by atoms with Crippen LogP contribution in [0, 0.1) is 0 Å². The molecule has 0 bridgehead atoms. The number of carboxylic acids is 1. The van der Waals surface area contributed by atoms with E-state index in [4.69, 9.17) is 5.11 Å². The third kappa shape index (κ3) is 4.78. The molecule has 9 heteroatoms. The van der Waals surface area contributed by atoms with Gasteiger partial charge >= 0.3 is 12.1 Å². The van der Waals surface area contributed by atoms with Gasteiger partial charge in [-0.25, -0.2) is 4.52 Å². The van der Waals surface area contributed by atoms with Gasteiger partial charge in [-0.2, -0.15) is 18.3 Å². The van der Waals surface area contributed by atoms with E-state index in [9.17, 15) is 22.8 Å². The van der Waals surface area contributed by atoms with Crippen molar-refractivity contribution in [3.05, 3.63) is 101 Å². The quantitative estimate of drug-likeness (QED) is 0.399. The maximum atomic E-state index is 13.0. The number of anilines is 1. The summed E-state index contributed by atoms with van der Waals surface area (Å²) in [6.45, 7) is 1.58. The number of nitrogens with one attached hydrogen (secondary N) is 1. The van der Waals surface area contributed by atoms with Gasteiger partial charge in [0.2, 0.25) is 0 Å². The lowest BCUT2D eigenvalue weighted by Crippen LogP contribution is -2.13. The Balaban J connectivity index is 1.58. The smallest absolute Gasteiger partial charge is 0.416 e. The number of aliphatic carboxylic acids is 1. The van der Waals surface area contributed by atoms with E-state index >= 15 is 0 Å². The van der Waals surface area contributed by atoms with Crippen LogP contribution in [0.25, 0.3) is 5.52 Å². The third-order valence-corrected chi connectivity index (χ3v) is 5.58. The molecule has 0 aliphatic heterocycles. The van der Waals surface area contributed by atoms with Gasteiger partial charge in [-0.05, 0) is 60.4 Å². The lowest BCUT2D eigenvalue weighted by atomic mass is 10.0. The number of fused-ring (bicyclic) bond motifs is 1. The third-order valence-electron chi connectivity index (χ3n) is 5.58. The molecule has 34 heavy (non-hydrogen) atoms. The average Bonchev–Trinajstić information content (AvgIpc) is 3.24. The van der Waals surface area contributed by atoms with Gasteiger partial charge in [-0.3, -0.25) is 9.59 Å². The molecule has 4 aromatic rings. The molecule has 0 aliphatic carbocycles. The van der Waals surface area contributed by atoms with Gasteiger partial charge in [0.25, 0.3) is 5.91 Å². The van der Waals surface area contributed by atoms with Crippen molar-refractivity contribution in [2.75, 3.05) is 5.32 Å². The molecule has 6 nitrogen and oxygen atoms in total. The van der Waals surface area contributed by atoms with E-state index in [0.29, 0.717) is 34.3 Å². The number of amides is 1. The minimum atomic E-state index is -4.40. The van der Waals surface area contributed by atoms with Crippen LogP contribution < -0.4 is 5.32 Å². The Kier molecular flexibility index (Phi) is 6.10. The standard InChI is InChI=1S/C25H20F3N3O3/c1-15(24(33)34)17-6-10-20(11-7-17)30-23(32)21-14-29-31-12-2-3-18(22(21)31)13-16-4-8-19(9-5-16)25(26,27)28/h2-12,14-15H,13H2,1H3,(H,30,32)(H,33,34)/t15-/m0/s1. The molecule has 174 valence electrons. The zero-order valence-corrected chi connectivity index (χ0v) is 18.0. The summed E-state index contributed by atoms with van der Waals surface area (Å²) in [5, 5.41) is 16.1. The first-order valence-electron chi connectivity index (χ1n) is 10.4. The van der Waals surface area contributed by atoms with Crippen LogP contribution in [0.15, 0.2) is 73.1 Å². The van der Waals surface area contributed by atoms with E-state index < -0.39 is 29.5 Å². The van der Waals surface area contributed by atoms with Crippen molar-refractivity contribution < 1.29 is 27.9 Å². The van der Waals surface area contributed by atoms with E-state index in [1.165, 1.54) is 18.3 Å². The summed E-state index contributed by atoms with van der Waals surface area (Å²) in [7, 11) is 0. The first-order valence-corrected chi connectivity index (χ1v) is 10.4. The predicted molar refractivity (Wildman–Crippen MR) is 120 cm³/mol. The van der Waals surface area contributed by atoms with Gasteiger partial charge in [-0.1, -0.05) is 30.3 Å². The van der Waals surface area contributed by atoms with Crippen LogP contribution in [0.2, 0.25) is 0 Å². The van der Waals surface area contributed by atoms with E-state index in [2.05, 4.69) is 10.4 Å². The lowest BCUT2D eigenvalue weighted by molar-refractivity contribution is -0.138. The van der Waals surface area contributed by atoms with E-state index in [0.717, 1.165) is 17.7 Å². The van der Waals surface area contributed by atoms with Crippen molar-refractivity contribution in [1.82, 2.24) is 9.61 Å². The van der Waals surface area contributed by atoms with Gasteiger partial charge in [0.1, 0.15) is 0 Å². The van der Waals surface area contributed by atoms with Crippen LogP contribution in [0.4, 0.5) is 18.9 Å². The minimum Gasteiger partial charge on any atom is -0.481 e. The molecule has 2 aromatic heterocycles. The summed E-state index contributed by atoms with van der Waals surface area (Å²) < 4.78 is 40.1. The zero-order chi connectivity index (χ0) is 24.5. The number of hydrogen-bond acceptors (Lipinski definition) is 3. The number of carbonyl (C=O) groups is 2. The Morgan fingerprint density at radius 2 is 1.74 bits per heavy atom. The van der Waals surface area contributed by atoms with Gasteiger partial charge in [0, 0.05) is 11.9 Å². The fourth-order valence-electron chi connectivity index (χ4n) is 3.65. The SMILES string of the molecule is C[C@H](C(=O)O)c1ccc(NC(=O)c2cnn3cccc(Cc4ccc(C(F)(F)F)cc4)c23)cc1. The van der Waals surface area contributed by atoms with Crippen molar-refractivity contribution in [3.63, 3.8) is 0 Å². The van der Waals surface area contributed by atoms with Crippen molar-refractivity contribution in [3.8, 4) is 0 Å².